The number of nitrogens with zero attached hydrogens (tertiary/aromatic N) is 1. The summed E-state index contributed by atoms with van der Waals surface area (Å²) >= 11 is 0. The molecule has 7 nitrogen and oxygen atoms in total. The Kier molecular flexibility index (Phi) is 7.16. The summed E-state index contributed by atoms with van der Waals surface area (Å²) in [6, 6.07) is 4.60. The maximum Gasteiger partial charge on any atom is 0.251 e. The Bertz CT molecular complexity index is 756. The largest absolute Gasteiger partial charge is 0.355 e. The predicted octanol–water partition coefficient (Wildman–Crippen LogP) is 1.43. The second-order valence-corrected chi connectivity index (χ2v) is 8.38. The molecule has 2 N–H and O–H groups in total. The normalized spacial score (nSPS) is 15.5. The predicted molar refractivity (Wildman–Crippen MR) is 99.4 cm³/mol. The number of benzene rings is 1. The van der Waals surface area contributed by atoms with Gasteiger partial charge in [-0.3, -0.25) is 9.59 Å². The third-order valence-corrected chi connectivity index (χ3v) is 6.41. The average molecular weight is 381 g/mol. The molecule has 1 aliphatic heterocycles. The van der Waals surface area contributed by atoms with Crippen molar-refractivity contribution < 1.29 is 18.0 Å². The highest BCUT2D eigenvalue weighted by Crippen LogP contribution is 2.24. The first-order valence-electron chi connectivity index (χ1n) is 9.02. The third-order valence-electron chi connectivity index (χ3n) is 4.36. The monoisotopic (exact) mass is 381 g/mol. The number of hydrogen-bond acceptors (Lipinski definition) is 4. The number of rotatable bonds is 7. The zero-order chi connectivity index (χ0) is 19.2. The highest BCUT2D eigenvalue weighted by Gasteiger charge is 2.28. The van der Waals surface area contributed by atoms with Crippen molar-refractivity contribution in [3.8, 4) is 0 Å². The summed E-state index contributed by atoms with van der Waals surface area (Å²) in [5.41, 5.74) is 0.835. The summed E-state index contributed by atoms with van der Waals surface area (Å²) in [5.74, 6) is -0.736. The highest BCUT2D eigenvalue weighted by atomic mass is 32.2. The first kappa shape index (κ1) is 20.4. The molecule has 2 amide bonds. The van der Waals surface area contributed by atoms with Crippen LogP contribution in [0.3, 0.4) is 0 Å². The molecule has 1 aromatic carbocycles. The molecule has 1 fully saturated rings. The number of carbonyl (C=O) groups is 2. The Hall–Kier alpha value is -1.93. The Labute approximate surface area is 155 Å². The number of aryl methyl sites for hydroxylation is 1. The third kappa shape index (κ3) is 5.04. The Morgan fingerprint density at radius 2 is 1.81 bits per heavy atom. The van der Waals surface area contributed by atoms with Gasteiger partial charge in [0.15, 0.2) is 0 Å². The lowest BCUT2D eigenvalue weighted by Crippen LogP contribution is -2.37. The van der Waals surface area contributed by atoms with E-state index in [2.05, 4.69) is 10.6 Å². The van der Waals surface area contributed by atoms with Crippen molar-refractivity contribution in [2.75, 3.05) is 26.2 Å². The lowest BCUT2D eigenvalue weighted by Gasteiger charge is -2.26. The van der Waals surface area contributed by atoms with Gasteiger partial charge in [-0.2, -0.15) is 4.31 Å². The van der Waals surface area contributed by atoms with Crippen molar-refractivity contribution >= 4 is 21.8 Å². The molecule has 1 aromatic rings. The van der Waals surface area contributed by atoms with Gasteiger partial charge in [0, 0.05) is 25.2 Å². The fraction of sp³-hybridized carbons (Fsp3) is 0.556. The Morgan fingerprint density at radius 1 is 1.12 bits per heavy atom. The first-order chi connectivity index (χ1) is 12.4. The quantitative estimate of drug-likeness (QED) is 0.747. The van der Waals surface area contributed by atoms with Crippen LogP contribution in [0.5, 0.6) is 0 Å². The minimum Gasteiger partial charge on any atom is -0.355 e. The van der Waals surface area contributed by atoms with Gasteiger partial charge in [0.2, 0.25) is 15.9 Å². The molecule has 26 heavy (non-hydrogen) atoms. The van der Waals surface area contributed by atoms with Crippen LogP contribution in [0.2, 0.25) is 0 Å². The number of carbonyl (C=O) groups excluding carboxylic acids is 2. The molecular formula is C18H27N3O4S. The Balaban J connectivity index is 2.13. The van der Waals surface area contributed by atoms with Crippen molar-refractivity contribution in [3.05, 3.63) is 29.3 Å². The van der Waals surface area contributed by atoms with Gasteiger partial charge in [-0.05, 0) is 43.9 Å². The van der Waals surface area contributed by atoms with Gasteiger partial charge in [-0.25, -0.2) is 8.42 Å². The van der Waals surface area contributed by atoms with Crippen LogP contribution in [0.1, 0.15) is 48.5 Å². The van der Waals surface area contributed by atoms with Crippen molar-refractivity contribution in [2.45, 2.75) is 44.4 Å². The molecule has 0 aromatic heterocycles. The molecule has 1 heterocycles. The molecule has 0 aliphatic carbocycles. The summed E-state index contributed by atoms with van der Waals surface area (Å²) in [6.07, 6.45) is 3.56. The maximum atomic E-state index is 12.9. The van der Waals surface area contributed by atoms with Crippen LogP contribution in [0.25, 0.3) is 0 Å². The van der Waals surface area contributed by atoms with E-state index >= 15 is 0 Å². The Morgan fingerprint density at radius 3 is 2.46 bits per heavy atom. The van der Waals surface area contributed by atoms with Crippen LogP contribution < -0.4 is 10.6 Å². The second kappa shape index (κ2) is 9.14. The van der Waals surface area contributed by atoms with Crippen molar-refractivity contribution in [3.63, 3.8) is 0 Å². The lowest BCUT2D eigenvalue weighted by molar-refractivity contribution is -0.120. The van der Waals surface area contributed by atoms with Gasteiger partial charge in [0.1, 0.15) is 0 Å². The smallest absolute Gasteiger partial charge is 0.251 e. The summed E-state index contributed by atoms with van der Waals surface area (Å²) in [5, 5.41) is 5.20. The number of piperidine rings is 1. The molecule has 0 atom stereocenters. The number of hydrogen-bond donors (Lipinski definition) is 2. The molecule has 1 saturated heterocycles. The van der Waals surface area contributed by atoms with E-state index in [1.807, 2.05) is 6.92 Å². The minimum atomic E-state index is -3.62. The van der Waals surface area contributed by atoms with Gasteiger partial charge in [0.05, 0.1) is 11.4 Å². The van der Waals surface area contributed by atoms with Gasteiger partial charge in [-0.15, -0.1) is 0 Å². The number of nitrogens with one attached hydrogen (secondary N) is 2. The van der Waals surface area contributed by atoms with E-state index < -0.39 is 15.9 Å². The molecule has 8 heteroatoms. The minimum absolute atomic E-state index is 0.138. The van der Waals surface area contributed by atoms with Crippen LogP contribution in [0, 0.1) is 6.92 Å². The van der Waals surface area contributed by atoms with E-state index in [4.69, 9.17) is 0 Å². The fourth-order valence-electron chi connectivity index (χ4n) is 2.85. The summed E-state index contributed by atoms with van der Waals surface area (Å²) in [7, 11) is -3.62. The number of sulfonamides is 1. The topological polar surface area (TPSA) is 95.6 Å². The molecule has 0 radical (unpaired) electrons. The lowest BCUT2D eigenvalue weighted by atomic mass is 10.1. The van der Waals surface area contributed by atoms with E-state index in [1.54, 1.807) is 19.1 Å². The molecule has 144 valence electrons. The van der Waals surface area contributed by atoms with Crippen molar-refractivity contribution in [1.82, 2.24) is 14.9 Å². The van der Waals surface area contributed by atoms with Crippen LogP contribution in [0.4, 0.5) is 0 Å². The van der Waals surface area contributed by atoms with Gasteiger partial charge < -0.3 is 10.6 Å². The summed E-state index contributed by atoms with van der Waals surface area (Å²) < 4.78 is 27.3. The first-order valence-corrected chi connectivity index (χ1v) is 10.5. The zero-order valence-electron chi connectivity index (χ0n) is 15.4. The van der Waals surface area contributed by atoms with Crippen LogP contribution in [-0.2, 0) is 14.8 Å². The fourth-order valence-corrected chi connectivity index (χ4v) is 4.62. The van der Waals surface area contributed by atoms with E-state index in [1.165, 1.54) is 10.4 Å². The molecule has 0 unspecified atom stereocenters. The molecule has 0 saturated carbocycles. The van der Waals surface area contributed by atoms with Gasteiger partial charge in [-0.1, -0.05) is 19.4 Å². The highest BCUT2D eigenvalue weighted by molar-refractivity contribution is 7.89. The summed E-state index contributed by atoms with van der Waals surface area (Å²) in [4.78, 5) is 24.0. The van der Waals surface area contributed by atoms with E-state index in [-0.39, 0.29) is 22.9 Å². The van der Waals surface area contributed by atoms with Crippen LogP contribution in [-0.4, -0.2) is 50.7 Å². The average Bonchev–Trinajstić information content (AvgIpc) is 2.65. The van der Waals surface area contributed by atoms with Crippen LogP contribution >= 0.6 is 0 Å². The van der Waals surface area contributed by atoms with Crippen molar-refractivity contribution in [2.24, 2.45) is 0 Å². The van der Waals surface area contributed by atoms with E-state index in [0.29, 0.717) is 25.2 Å². The second-order valence-electron chi connectivity index (χ2n) is 6.48. The SMILES string of the molecule is CCCNC(=O)CNC(=O)c1ccc(C)c(S(=O)(=O)N2CCCCC2)c1. The van der Waals surface area contributed by atoms with Crippen LogP contribution in [0.15, 0.2) is 23.1 Å². The molecule has 0 bridgehead atoms. The van der Waals surface area contributed by atoms with E-state index in [0.717, 1.165) is 25.7 Å². The zero-order valence-corrected chi connectivity index (χ0v) is 16.2. The molecule has 2 rings (SSSR count). The maximum absolute atomic E-state index is 12.9. The standard InChI is InChI=1S/C18H27N3O4S/c1-3-9-19-17(22)13-20-18(23)15-8-7-14(2)16(12-15)26(24,25)21-10-5-4-6-11-21/h7-8,12H,3-6,9-11,13H2,1-2H3,(H,19,22)(H,20,23). The van der Waals surface area contributed by atoms with Crippen molar-refractivity contribution in [1.29, 1.82) is 0 Å². The molecule has 0 spiro atoms. The van der Waals surface area contributed by atoms with E-state index in [9.17, 15) is 18.0 Å². The number of amides is 2. The molecule has 1 aliphatic rings. The molecular weight excluding hydrogens is 354 g/mol. The van der Waals surface area contributed by atoms with Gasteiger partial charge >= 0.3 is 0 Å². The van der Waals surface area contributed by atoms with Gasteiger partial charge in [0.25, 0.3) is 5.91 Å². The summed E-state index contributed by atoms with van der Waals surface area (Å²) in [6.45, 7) is 5.09.